The fourth-order valence-corrected chi connectivity index (χ4v) is 2.97. The van der Waals surface area contributed by atoms with E-state index in [2.05, 4.69) is 20.6 Å². The number of hydrogen-bond donors (Lipinski definition) is 2. The summed E-state index contributed by atoms with van der Waals surface area (Å²) in [6, 6.07) is 15.0. The molecule has 2 heterocycles. The van der Waals surface area contributed by atoms with Crippen LogP contribution in [0.15, 0.2) is 58.5 Å². The standard InChI is InChI=1S/C19H16N4O2.Cu/c24-18-16(12-6-1-3-8-14(12)22-18)20-10-5-11-21-17-13-7-2-4-9-15(13)23-19(17)25;/h1-4,6-9H,5,10-11H2,(H,20,22,24)(H,21,23,25);. The molecule has 0 aliphatic carbocycles. The number of fused-ring (bicyclic) bond motifs is 2. The summed E-state index contributed by atoms with van der Waals surface area (Å²) in [6.07, 6.45) is 0.665. The SMILES string of the molecule is O=C1Nc2ccccc2C1=NCCCN=C1C(=O)Nc2ccccc21.[Cu]. The number of anilines is 2. The van der Waals surface area contributed by atoms with Crippen molar-refractivity contribution in [3.05, 3.63) is 59.7 Å². The monoisotopic (exact) mass is 395 g/mol. The molecule has 0 spiro atoms. The van der Waals surface area contributed by atoms with Gasteiger partial charge in [-0.2, -0.15) is 0 Å². The molecular weight excluding hydrogens is 380 g/mol. The minimum Gasteiger partial charge on any atom is -0.320 e. The topological polar surface area (TPSA) is 82.9 Å². The molecule has 0 saturated carbocycles. The first-order valence-electron chi connectivity index (χ1n) is 8.14. The molecule has 2 aliphatic rings. The van der Waals surface area contributed by atoms with E-state index in [-0.39, 0.29) is 28.9 Å². The maximum absolute atomic E-state index is 12.0. The van der Waals surface area contributed by atoms with Gasteiger partial charge in [0.15, 0.2) is 0 Å². The van der Waals surface area contributed by atoms with Gasteiger partial charge in [0, 0.05) is 41.3 Å². The zero-order chi connectivity index (χ0) is 17.2. The summed E-state index contributed by atoms with van der Waals surface area (Å²) in [7, 11) is 0. The number of carbonyl (C=O) groups excluding carboxylic acids is 2. The molecule has 4 rings (SSSR count). The molecule has 7 heteroatoms. The third-order valence-corrected chi connectivity index (χ3v) is 4.15. The molecular formula is C19H16CuN4O2. The van der Waals surface area contributed by atoms with E-state index in [1.165, 1.54) is 0 Å². The number of nitrogens with zero attached hydrogens (tertiary/aromatic N) is 2. The molecule has 1 radical (unpaired) electrons. The second-order valence-corrected chi connectivity index (χ2v) is 5.81. The number of aliphatic imine (C=N–C) groups is 2. The average molecular weight is 396 g/mol. The first kappa shape index (κ1) is 18.0. The van der Waals surface area contributed by atoms with Crippen molar-refractivity contribution < 1.29 is 26.7 Å². The predicted octanol–water partition coefficient (Wildman–Crippen LogP) is 2.26. The van der Waals surface area contributed by atoms with Crippen LogP contribution in [0.25, 0.3) is 0 Å². The van der Waals surface area contributed by atoms with Crippen LogP contribution in [-0.4, -0.2) is 36.3 Å². The van der Waals surface area contributed by atoms with Gasteiger partial charge in [0.1, 0.15) is 11.4 Å². The van der Waals surface area contributed by atoms with Gasteiger partial charge in [0.2, 0.25) is 0 Å². The molecule has 0 fully saturated rings. The van der Waals surface area contributed by atoms with Crippen molar-refractivity contribution in [3.8, 4) is 0 Å². The Hall–Kier alpha value is -2.76. The number of benzene rings is 2. The van der Waals surface area contributed by atoms with Gasteiger partial charge in [-0.05, 0) is 18.6 Å². The van der Waals surface area contributed by atoms with Crippen molar-refractivity contribution in [3.63, 3.8) is 0 Å². The summed E-state index contributed by atoms with van der Waals surface area (Å²) in [5.41, 5.74) is 4.20. The van der Waals surface area contributed by atoms with E-state index in [9.17, 15) is 9.59 Å². The van der Waals surface area contributed by atoms with Crippen LogP contribution in [0.4, 0.5) is 11.4 Å². The van der Waals surface area contributed by atoms with Gasteiger partial charge in [-0.15, -0.1) is 0 Å². The van der Waals surface area contributed by atoms with Crippen LogP contribution in [0.1, 0.15) is 17.5 Å². The molecule has 26 heavy (non-hydrogen) atoms. The van der Waals surface area contributed by atoms with Crippen molar-refractivity contribution in [2.45, 2.75) is 6.42 Å². The number of para-hydroxylation sites is 2. The molecule has 0 unspecified atom stereocenters. The zero-order valence-corrected chi connectivity index (χ0v) is 14.7. The van der Waals surface area contributed by atoms with E-state index in [1.54, 1.807) is 0 Å². The molecule has 2 aromatic carbocycles. The fraction of sp³-hybridized carbons (Fsp3) is 0.158. The van der Waals surface area contributed by atoms with Crippen molar-refractivity contribution >= 4 is 34.6 Å². The minimum absolute atomic E-state index is 0. The van der Waals surface area contributed by atoms with E-state index < -0.39 is 0 Å². The van der Waals surface area contributed by atoms with Gasteiger partial charge in [-0.3, -0.25) is 19.6 Å². The second kappa shape index (κ2) is 7.64. The largest absolute Gasteiger partial charge is 0.320 e. The van der Waals surface area contributed by atoms with Crippen LogP contribution in [0.2, 0.25) is 0 Å². The van der Waals surface area contributed by atoms with E-state index >= 15 is 0 Å². The number of carbonyl (C=O) groups is 2. The summed E-state index contributed by atoms with van der Waals surface area (Å²) in [4.78, 5) is 32.7. The third kappa shape index (κ3) is 3.31. The summed E-state index contributed by atoms with van der Waals surface area (Å²) in [5, 5.41) is 5.60. The number of amides is 2. The predicted molar refractivity (Wildman–Crippen MR) is 97.6 cm³/mol. The van der Waals surface area contributed by atoms with Crippen LogP contribution < -0.4 is 10.6 Å². The van der Waals surface area contributed by atoms with Crippen molar-refractivity contribution in [2.75, 3.05) is 23.7 Å². The zero-order valence-electron chi connectivity index (χ0n) is 13.8. The number of rotatable bonds is 4. The Morgan fingerprint density at radius 1 is 0.692 bits per heavy atom. The maximum atomic E-state index is 12.0. The van der Waals surface area contributed by atoms with Gasteiger partial charge in [-0.25, -0.2) is 0 Å². The number of nitrogens with one attached hydrogen (secondary N) is 2. The fourth-order valence-electron chi connectivity index (χ4n) is 2.97. The quantitative estimate of drug-likeness (QED) is 0.614. The molecule has 2 aromatic rings. The van der Waals surface area contributed by atoms with Crippen LogP contribution >= 0.6 is 0 Å². The van der Waals surface area contributed by atoms with Gasteiger partial charge in [0.25, 0.3) is 11.8 Å². The molecule has 2 amide bonds. The smallest absolute Gasteiger partial charge is 0.274 e. The van der Waals surface area contributed by atoms with E-state index in [0.29, 0.717) is 30.9 Å². The van der Waals surface area contributed by atoms with E-state index in [4.69, 9.17) is 0 Å². The van der Waals surface area contributed by atoms with E-state index in [0.717, 1.165) is 22.5 Å². The molecule has 0 bridgehead atoms. The minimum atomic E-state index is -0.170. The van der Waals surface area contributed by atoms with Gasteiger partial charge in [-0.1, -0.05) is 36.4 Å². The van der Waals surface area contributed by atoms with Crippen molar-refractivity contribution in [1.29, 1.82) is 0 Å². The first-order chi connectivity index (χ1) is 12.2. The Morgan fingerprint density at radius 2 is 1.12 bits per heavy atom. The van der Waals surface area contributed by atoms with Gasteiger partial charge < -0.3 is 10.6 Å². The Balaban J connectivity index is 0.00000196. The Morgan fingerprint density at radius 3 is 1.58 bits per heavy atom. The average Bonchev–Trinajstić information content (AvgIpc) is 3.11. The summed E-state index contributed by atoms with van der Waals surface area (Å²) >= 11 is 0. The summed E-state index contributed by atoms with van der Waals surface area (Å²) in [6.45, 7) is 0.967. The molecule has 0 saturated heterocycles. The van der Waals surface area contributed by atoms with Crippen LogP contribution in [-0.2, 0) is 26.7 Å². The van der Waals surface area contributed by atoms with Crippen LogP contribution in [0.3, 0.4) is 0 Å². The van der Waals surface area contributed by atoms with Gasteiger partial charge in [0.05, 0.1) is 11.4 Å². The van der Waals surface area contributed by atoms with Crippen molar-refractivity contribution in [1.82, 2.24) is 0 Å². The van der Waals surface area contributed by atoms with Crippen LogP contribution in [0, 0.1) is 0 Å². The summed E-state index contributed by atoms with van der Waals surface area (Å²) in [5.74, 6) is -0.340. The maximum Gasteiger partial charge on any atom is 0.274 e. The Bertz CT molecular complexity index is 861. The van der Waals surface area contributed by atoms with Crippen molar-refractivity contribution in [2.24, 2.45) is 9.98 Å². The third-order valence-electron chi connectivity index (χ3n) is 4.15. The normalized spacial score (nSPS) is 17.5. The Labute approximate surface area is 161 Å². The molecule has 6 nitrogen and oxygen atoms in total. The summed E-state index contributed by atoms with van der Waals surface area (Å²) < 4.78 is 0. The van der Waals surface area contributed by atoms with Crippen LogP contribution in [0.5, 0.6) is 0 Å². The molecule has 135 valence electrons. The number of hydrogen-bond acceptors (Lipinski definition) is 4. The molecule has 0 aromatic heterocycles. The Kier molecular flexibility index (Phi) is 5.30. The molecule has 2 N–H and O–H groups in total. The van der Waals surface area contributed by atoms with Gasteiger partial charge >= 0.3 is 0 Å². The van der Waals surface area contributed by atoms with E-state index in [1.807, 2.05) is 48.5 Å². The molecule has 0 atom stereocenters. The second-order valence-electron chi connectivity index (χ2n) is 5.81. The molecule has 2 aliphatic heterocycles. The first-order valence-corrected chi connectivity index (χ1v) is 8.14.